The molecule has 118 valence electrons. The van der Waals surface area contributed by atoms with E-state index in [0.717, 1.165) is 31.2 Å². The van der Waals surface area contributed by atoms with E-state index >= 15 is 0 Å². The number of rotatable bonds is 7. The normalized spacial score (nSPS) is 16.8. The standard InChI is InChI=1S/C19H31NO/c1-6-14-8-11-18(17(12-14)19(3,4)5)21-16(7-2)13-20-15-9-10-15/h8,11-12,15-16,20H,6-7,9-10,13H2,1-5H3. The molecule has 1 N–H and O–H groups in total. The molecule has 0 aromatic heterocycles. The lowest BCUT2D eigenvalue weighted by atomic mass is 9.85. The van der Waals surface area contributed by atoms with Crippen LogP contribution in [0.15, 0.2) is 18.2 Å². The van der Waals surface area contributed by atoms with Gasteiger partial charge in [-0.05, 0) is 48.3 Å². The van der Waals surface area contributed by atoms with Crippen molar-refractivity contribution in [2.45, 2.75) is 77.9 Å². The summed E-state index contributed by atoms with van der Waals surface area (Å²) in [6.07, 6.45) is 5.03. The van der Waals surface area contributed by atoms with Gasteiger partial charge in [-0.2, -0.15) is 0 Å². The van der Waals surface area contributed by atoms with Gasteiger partial charge in [0.25, 0.3) is 0 Å². The fraction of sp³-hybridized carbons (Fsp3) is 0.684. The van der Waals surface area contributed by atoms with Crippen LogP contribution in [0.1, 0.15) is 65.0 Å². The Morgan fingerprint density at radius 1 is 1.24 bits per heavy atom. The van der Waals surface area contributed by atoms with Gasteiger partial charge in [0.05, 0.1) is 0 Å². The second-order valence-electron chi connectivity index (χ2n) is 7.26. The van der Waals surface area contributed by atoms with Gasteiger partial charge in [0.2, 0.25) is 0 Å². The monoisotopic (exact) mass is 289 g/mol. The highest BCUT2D eigenvalue weighted by Crippen LogP contribution is 2.33. The number of aryl methyl sites for hydroxylation is 1. The first kappa shape index (κ1) is 16.4. The third-order valence-corrected chi connectivity index (χ3v) is 4.22. The minimum atomic E-state index is 0.114. The van der Waals surface area contributed by atoms with E-state index in [1.807, 2.05) is 0 Å². The first-order chi connectivity index (χ1) is 9.94. The minimum Gasteiger partial charge on any atom is -0.489 e. The van der Waals surface area contributed by atoms with Crippen LogP contribution in [0.4, 0.5) is 0 Å². The average molecular weight is 289 g/mol. The number of benzene rings is 1. The Kier molecular flexibility index (Phi) is 5.32. The summed E-state index contributed by atoms with van der Waals surface area (Å²) < 4.78 is 6.34. The minimum absolute atomic E-state index is 0.114. The van der Waals surface area contributed by atoms with Gasteiger partial charge in [-0.25, -0.2) is 0 Å². The van der Waals surface area contributed by atoms with Crippen LogP contribution in [0.5, 0.6) is 5.75 Å². The average Bonchev–Trinajstić information content (AvgIpc) is 3.26. The Bertz CT molecular complexity index is 457. The molecular weight excluding hydrogens is 258 g/mol. The summed E-state index contributed by atoms with van der Waals surface area (Å²) >= 11 is 0. The quantitative estimate of drug-likeness (QED) is 0.800. The van der Waals surface area contributed by atoms with Gasteiger partial charge in [0.1, 0.15) is 11.9 Å². The number of hydrogen-bond donors (Lipinski definition) is 1. The Hall–Kier alpha value is -1.02. The third-order valence-electron chi connectivity index (χ3n) is 4.22. The first-order valence-electron chi connectivity index (χ1n) is 8.47. The zero-order chi connectivity index (χ0) is 15.5. The van der Waals surface area contributed by atoms with Gasteiger partial charge in [-0.3, -0.25) is 0 Å². The van der Waals surface area contributed by atoms with Gasteiger partial charge in [-0.1, -0.05) is 46.8 Å². The lowest BCUT2D eigenvalue weighted by Crippen LogP contribution is -2.32. The maximum Gasteiger partial charge on any atom is 0.123 e. The van der Waals surface area contributed by atoms with Crippen LogP contribution in [-0.4, -0.2) is 18.7 Å². The van der Waals surface area contributed by atoms with Gasteiger partial charge in [-0.15, -0.1) is 0 Å². The Morgan fingerprint density at radius 3 is 2.48 bits per heavy atom. The second-order valence-corrected chi connectivity index (χ2v) is 7.26. The van der Waals surface area contributed by atoms with Crippen LogP contribution in [0.25, 0.3) is 0 Å². The summed E-state index contributed by atoms with van der Waals surface area (Å²) in [6.45, 7) is 12.2. The predicted octanol–water partition coefficient (Wildman–Crippen LogP) is 4.46. The van der Waals surface area contributed by atoms with Crippen LogP contribution in [-0.2, 0) is 11.8 Å². The van der Waals surface area contributed by atoms with Crippen LogP contribution in [0.3, 0.4) is 0 Å². The van der Waals surface area contributed by atoms with Crippen LogP contribution in [0.2, 0.25) is 0 Å². The molecule has 0 radical (unpaired) electrons. The lowest BCUT2D eigenvalue weighted by molar-refractivity contribution is 0.189. The summed E-state index contributed by atoms with van der Waals surface area (Å²) in [4.78, 5) is 0. The van der Waals surface area contributed by atoms with Crippen molar-refractivity contribution in [2.24, 2.45) is 0 Å². The molecule has 2 heteroatoms. The van der Waals surface area contributed by atoms with Gasteiger partial charge >= 0.3 is 0 Å². The highest BCUT2D eigenvalue weighted by molar-refractivity contribution is 5.41. The topological polar surface area (TPSA) is 21.3 Å². The fourth-order valence-corrected chi connectivity index (χ4v) is 2.52. The number of nitrogens with one attached hydrogen (secondary N) is 1. The van der Waals surface area contributed by atoms with Crippen molar-refractivity contribution < 1.29 is 4.74 Å². The predicted molar refractivity (Wildman–Crippen MR) is 90.3 cm³/mol. The zero-order valence-corrected chi connectivity index (χ0v) is 14.3. The smallest absolute Gasteiger partial charge is 0.123 e. The van der Waals surface area contributed by atoms with Gasteiger partial charge < -0.3 is 10.1 Å². The van der Waals surface area contributed by atoms with E-state index in [4.69, 9.17) is 4.74 Å². The van der Waals surface area contributed by atoms with Crippen LogP contribution < -0.4 is 10.1 Å². The maximum absolute atomic E-state index is 6.34. The lowest BCUT2D eigenvalue weighted by Gasteiger charge is -2.26. The fourth-order valence-electron chi connectivity index (χ4n) is 2.52. The SMILES string of the molecule is CCc1ccc(OC(CC)CNC2CC2)c(C(C)(C)C)c1. The second kappa shape index (κ2) is 6.83. The molecule has 0 spiro atoms. The molecule has 0 amide bonds. The summed E-state index contributed by atoms with van der Waals surface area (Å²) in [5, 5.41) is 3.58. The molecule has 2 nitrogen and oxygen atoms in total. The van der Waals surface area contributed by atoms with Crippen molar-refractivity contribution in [1.82, 2.24) is 5.32 Å². The zero-order valence-electron chi connectivity index (χ0n) is 14.3. The largest absolute Gasteiger partial charge is 0.489 e. The van der Waals surface area contributed by atoms with E-state index in [0.29, 0.717) is 0 Å². The number of hydrogen-bond acceptors (Lipinski definition) is 2. The van der Waals surface area contributed by atoms with Crippen molar-refractivity contribution >= 4 is 0 Å². The molecule has 1 aromatic carbocycles. The molecule has 0 aliphatic heterocycles. The molecule has 1 aliphatic rings. The van der Waals surface area contributed by atoms with E-state index < -0.39 is 0 Å². The molecule has 0 saturated heterocycles. The number of ether oxygens (including phenoxy) is 1. The molecule has 0 bridgehead atoms. The molecular formula is C19H31NO. The highest BCUT2D eigenvalue weighted by Gasteiger charge is 2.24. The van der Waals surface area contributed by atoms with Crippen molar-refractivity contribution in [2.75, 3.05) is 6.54 Å². The van der Waals surface area contributed by atoms with Gasteiger partial charge in [0.15, 0.2) is 0 Å². The van der Waals surface area contributed by atoms with E-state index in [-0.39, 0.29) is 11.5 Å². The third kappa shape index (κ3) is 4.74. The molecule has 0 heterocycles. The molecule has 1 saturated carbocycles. The first-order valence-corrected chi connectivity index (χ1v) is 8.47. The Labute approximate surface area is 130 Å². The molecule has 2 rings (SSSR count). The summed E-state index contributed by atoms with van der Waals surface area (Å²) in [5.41, 5.74) is 2.83. The Morgan fingerprint density at radius 2 is 1.95 bits per heavy atom. The summed E-state index contributed by atoms with van der Waals surface area (Å²) in [5.74, 6) is 1.06. The van der Waals surface area contributed by atoms with Crippen molar-refractivity contribution in [1.29, 1.82) is 0 Å². The highest BCUT2D eigenvalue weighted by atomic mass is 16.5. The van der Waals surface area contributed by atoms with Crippen LogP contribution >= 0.6 is 0 Å². The molecule has 1 aliphatic carbocycles. The molecule has 1 atom stereocenters. The Balaban J connectivity index is 2.12. The molecule has 1 unspecified atom stereocenters. The van der Waals surface area contributed by atoms with Crippen molar-refractivity contribution in [3.05, 3.63) is 29.3 Å². The maximum atomic E-state index is 6.34. The van der Waals surface area contributed by atoms with E-state index in [1.54, 1.807) is 0 Å². The summed E-state index contributed by atoms with van der Waals surface area (Å²) in [6, 6.07) is 7.42. The molecule has 1 aromatic rings. The van der Waals surface area contributed by atoms with Crippen molar-refractivity contribution in [3.63, 3.8) is 0 Å². The molecule has 1 fully saturated rings. The van der Waals surface area contributed by atoms with E-state index in [2.05, 4.69) is 58.1 Å². The van der Waals surface area contributed by atoms with Crippen molar-refractivity contribution in [3.8, 4) is 5.75 Å². The summed E-state index contributed by atoms with van der Waals surface area (Å²) in [7, 11) is 0. The van der Waals surface area contributed by atoms with Gasteiger partial charge in [0, 0.05) is 12.6 Å². The van der Waals surface area contributed by atoms with E-state index in [1.165, 1.54) is 24.0 Å². The van der Waals surface area contributed by atoms with Crippen LogP contribution in [0, 0.1) is 0 Å². The van der Waals surface area contributed by atoms with E-state index in [9.17, 15) is 0 Å². The molecule has 21 heavy (non-hydrogen) atoms.